The molecule has 2 bridgehead atoms. The molecule has 32 heavy (non-hydrogen) atoms. The van der Waals surface area contributed by atoms with Crippen LogP contribution >= 0.6 is 11.3 Å². The van der Waals surface area contributed by atoms with Crippen LogP contribution in [-0.4, -0.2) is 40.5 Å². The Labute approximate surface area is 191 Å². The third-order valence-corrected chi connectivity index (χ3v) is 8.10. The number of thiophene rings is 1. The number of Topliss-reactive ketones (excluding diaryl/α,β-unsaturated/α-hetero) is 1. The molecule has 4 aromatic rings. The first-order valence-corrected chi connectivity index (χ1v) is 12.2. The molecular weight excluding hydrogens is 418 g/mol. The van der Waals surface area contributed by atoms with Gasteiger partial charge in [0.25, 0.3) is 0 Å². The summed E-state index contributed by atoms with van der Waals surface area (Å²) in [6.45, 7) is 3.52. The van der Waals surface area contributed by atoms with Crippen LogP contribution in [0.3, 0.4) is 0 Å². The normalized spacial score (nSPS) is 22.4. The number of ketones is 1. The molecule has 0 saturated carbocycles. The molecule has 0 aliphatic carbocycles. The summed E-state index contributed by atoms with van der Waals surface area (Å²) in [7, 11) is 0. The molecule has 5 nitrogen and oxygen atoms in total. The lowest BCUT2D eigenvalue weighted by Crippen LogP contribution is -2.47. The fourth-order valence-corrected chi connectivity index (χ4v) is 6.23. The standard InChI is InChI=1S/C26H25N3O2S/c30-22(13-21-16-29-10-8-18(21)9-11-29)24-14-19-6-7-20(15-23(19)32-24)26-27-25(31-28-26)12-17-4-2-1-3-5-17/h1-7,14-15,18,21H,8-13,16H2/t21-/m0/s1. The van der Waals surface area contributed by atoms with Gasteiger partial charge in [-0.3, -0.25) is 4.79 Å². The second-order valence-electron chi connectivity index (χ2n) is 9.06. The largest absolute Gasteiger partial charge is 0.339 e. The van der Waals surface area contributed by atoms with Gasteiger partial charge < -0.3 is 9.42 Å². The molecule has 3 saturated heterocycles. The van der Waals surface area contributed by atoms with Gasteiger partial charge in [0.15, 0.2) is 5.78 Å². The number of hydrogen-bond donors (Lipinski definition) is 0. The van der Waals surface area contributed by atoms with E-state index in [0.29, 0.717) is 30.5 Å². The zero-order valence-electron chi connectivity index (χ0n) is 17.9. The second-order valence-corrected chi connectivity index (χ2v) is 10.1. The van der Waals surface area contributed by atoms with Gasteiger partial charge >= 0.3 is 0 Å². The van der Waals surface area contributed by atoms with E-state index in [1.54, 1.807) is 11.3 Å². The van der Waals surface area contributed by atoms with Crippen molar-refractivity contribution in [3.63, 3.8) is 0 Å². The quantitative estimate of drug-likeness (QED) is 0.371. The number of hydrogen-bond acceptors (Lipinski definition) is 6. The van der Waals surface area contributed by atoms with E-state index in [0.717, 1.165) is 38.6 Å². The average Bonchev–Trinajstić information content (AvgIpc) is 3.47. The highest BCUT2D eigenvalue weighted by atomic mass is 32.1. The Bertz CT molecular complexity index is 1250. The summed E-state index contributed by atoms with van der Waals surface area (Å²) in [4.78, 5) is 21.0. The molecule has 1 atom stereocenters. The van der Waals surface area contributed by atoms with Crippen molar-refractivity contribution in [2.45, 2.75) is 25.7 Å². The predicted molar refractivity (Wildman–Crippen MR) is 126 cm³/mol. The summed E-state index contributed by atoms with van der Waals surface area (Å²) in [5.41, 5.74) is 2.06. The predicted octanol–water partition coefficient (Wildman–Crippen LogP) is 5.46. The Morgan fingerprint density at radius 1 is 1.09 bits per heavy atom. The van der Waals surface area contributed by atoms with Crippen molar-refractivity contribution in [3.8, 4) is 11.4 Å². The zero-order chi connectivity index (χ0) is 21.5. The van der Waals surface area contributed by atoms with Crippen molar-refractivity contribution in [1.82, 2.24) is 15.0 Å². The molecule has 5 heterocycles. The van der Waals surface area contributed by atoms with Crippen LogP contribution in [-0.2, 0) is 6.42 Å². The van der Waals surface area contributed by atoms with E-state index in [1.165, 1.54) is 25.9 Å². The Hall–Kier alpha value is -2.83. The third kappa shape index (κ3) is 3.89. The lowest BCUT2D eigenvalue weighted by molar-refractivity contribution is 0.0442. The molecule has 7 rings (SSSR count). The van der Waals surface area contributed by atoms with E-state index >= 15 is 0 Å². The van der Waals surface area contributed by atoms with Gasteiger partial charge in [0, 0.05) is 23.2 Å². The molecule has 6 heteroatoms. The minimum atomic E-state index is 0.288. The third-order valence-electron chi connectivity index (χ3n) is 6.96. The number of nitrogens with zero attached hydrogens (tertiary/aromatic N) is 3. The summed E-state index contributed by atoms with van der Waals surface area (Å²) >= 11 is 1.58. The number of benzene rings is 2. The summed E-state index contributed by atoms with van der Waals surface area (Å²) in [5.74, 6) is 2.73. The van der Waals surface area contributed by atoms with E-state index in [4.69, 9.17) is 4.52 Å². The first kappa shape index (κ1) is 19.8. The molecule has 2 aromatic heterocycles. The van der Waals surface area contributed by atoms with Crippen LogP contribution in [0.2, 0.25) is 0 Å². The van der Waals surface area contributed by atoms with Crippen LogP contribution in [0.15, 0.2) is 59.1 Å². The van der Waals surface area contributed by atoms with Gasteiger partial charge in [-0.1, -0.05) is 47.6 Å². The summed E-state index contributed by atoms with van der Waals surface area (Å²) in [6, 6.07) is 18.3. The minimum absolute atomic E-state index is 0.288. The van der Waals surface area contributed by atoms with Crippen molar-refractivity contribution in [3.05, 3.63) is 70.9 Å². The van der Waals surface area contributed by atoms with E-state index in [9.17, 15) is 4.79 Å². The fraction of sp³-hybridized carbons (Fsp3) is 0.346. The van der Waals surface area contributed by atoms with Crippen LogP contribution in [0.5, 0.6) is 0 Å². The number of rotatable bonds is 6. The molecule has 0 radical (unpaired) electrons. The topological polar surface area (TPSA) is 59.2 Å². The number of aromatic nitrogens is 2. The SMILES string of the molecule is O=C(C[C@H]1CN2CCC1CC2)c1cc2ccc(-c3noc(Cc4ccccc4)n3)cc2s1. The monoisotopic (exact) mass is 443 g/mol. The van der Waals surface area contributed by atoms with Gasteiger partial charge in [-0.25, -0.2) is 0 Å². The molecule has 0 unspecified atom stereocenters. The molecular formula is C26H25N3O2S. The maximum Gasteiger partial charge on any atom is 0.231 e. The van der Waals surface area contributed by atoms with Crippen molar-refractivity contribution < 1.29 is 9.32 Å². The van der Waals surface area contributed by atoms with Crippen molar-refractivity contribution >= 4 is 27.2 Å². The molecule has 0 amide bonds. The first-order chi connectivity index (χ1) is 15.7. The smallest absolute Gasteiger partial charge is 0.231 e. The van der Waals surface area contributed by atoms with Crippen LogP contribution < -0.4 is 0 Å². The molecule has 2 aromatic carbocycles. The Kier molecular flexibility index (Phi) is 5.12. The molecule has 3 aliphatic rings. The van der Waals surface area contributed by atoms with Crippen molar-refractivity contribution in [2.24, 2.45) is 11.8 Å². The van der Waals surface area contributed by atoms with Crippen LogP contribution in [0, 0.1) is 11.8 Å². The van der Waals surface area contributed by atoms with Crippen LogP contribution in [0.4, 0.5) is 0 Å². The van der Waals surface area contributed by atoms with Crippen molar-refractivity contribution in [2.75, 3.05) is 19.6 Å². The Balaban J connectivity index is 1.19. The van der Waals surface area contributed by atoms with Gasteiger partial charge in [0.2, 0.25) is 11.7 Å². The maximum absolute atomic E-state index is 13.0. The number of fused-ring (bicyclic) bond motifs is 4. The highest BCUT2D eigenvalue weighted by molar-refractivity contribution is 7.20. The van der Waals surface area contributed by atoms with Gasteiger partial charge in [0.05, 0.1) is 11.3 Å². The van der Waals surface area contributed by atoms with Crippen LogP contribution in [0.1, 0.15) is 40.4 Å². The summed E-state index contributed by atoms with van der Waals surface area (Å²) in [5, 5.41) is 5.28. The number of piperidine rings is 3. The number of carbonyl (C=O) groups is 1. The van der Waals surface area contributed by atoms with Crippen molar-refractivity contribution in [1.29, 1.82) is 0 Å². The Morgan fingerprint density at radius 3 is 2.72 bits per heavy atom. The van der Waals surface area contributed by atoms with Gasteiger partial charge in [-0.2, -0.15) is 4.98 Å². The van der Waals surface area contributed by atoms with E-state index < -0.39 is 0 Å². The molecule has 0 spiro atoms. The molecule has 0 N–H and O–H groups in total. The van der Waals surface area contributed by atoms with Crippen LogP contribution in [0.25, 0.3) is 21.5 Å². The van der Waals surface area contributed by atoms with E-state index in [1.807, 2.05) is 30.3 Å². The average molecular weight is 444 g/mol. The molecule has 3 aliphatic heterocycles. The van der Waals surface area contributed by atoms with E-state index in [-0.39, 0.29) is 5.78 Å². The van der Waals surface area contributed by atoms with Gasteiger partial charge in [0.1, 0.15) is 0 Å². The minimum Gasteiger partial charge on any atom is -0.339 e. The second kappa shape index (κ2) is 8.26. The van der Waals surface area contributed by atoms with Gasteiger partial charge in [-0.05, 0) is 60.8 Å². The molecule has 3 fully saturated rings. The zero-order valence-corrected chi connectivity index (χ0v) is 18.7. The Morgan fingerprint density at radius 2 is 1.94 bits per heavy atom. The fourth-order valence-electron chi connectivity index (χ4n) is 5.18. The van der Waals surface area contributed by atoms with Gasteiger partial charge in [-0.15, -0.1) is 11.3 Å². The first-order valence-electron chi connectivity index (χ1n) is 11.4. The maximum atomic E-state index is 13.0. The highest BCUT2D eigenvalue weighted by Gasteiger charge is 2.35. The molecule has 162 valence electrons. The highest BCUT2D eigenvalue weighted by Crippen LogP contribution is 2.36. The summed E-state index contributed by atoms with van der Waals surface area (Å²) in [6.07, 6.45) is 3.80. The number of carbonyl (C=O) groups excluding carboxylic acids is 1. The van der Waals surface area contributed by atoms with E-state index in [2.05, 4.69) is 39.3 Å². The lowest BCUT2D eigenvalue weighted by Gasteiger charge is -2.44. The lowest BCUT2D eigenvalue weighted by atomic mass is 9.76. The summed E-state index contributed by atoms with van der Waals surface area (Å²) < 4.78 is 6.56.